The minimum absolute atomic E-state index is 0.224. The molecule has 0 aliphatic carbocycles. The summed E-state index contributed by atoms with van der Waals surface area (Å²) >= 11 is 0. The first-order valence-electron chi connectivity index (χ1n) is 5.60. The number of hydrogen-bond acceptors (Lipinski definition) is 3. The van der Waals surface area contributed by atoms with Gasteiger partial charge in [-0.2, -0.15) is 0 Å². The molecular formula is C12H18N2O2. The molecule has 16 heavy (non-hydrogen) atoms. The molecule has 0 spiro atoms. The normalized spacial score (nSPS) is 10.7. The first-order chi connectivity index (χ1) is 7.67. The Bertz CT molecular complexity index is 349. The van der Waals surface area contributed by atoms with Gasteiger partial charge in [-0.15, -0.1) is 0 Å². The molecule has 88 valence electrons. The fourth-order valence-electron chi connectivity index (χ4n) is 1.58. The predicted molar refractivity (Wildman–Crippen MR) is 58.8 cm³/mol. The van der Waals surface area contributed by atoms with Crippen molar-refractivity contribution in [1.82, 2.24) is 4.90 Å². The smallest absolute Gasteiger partial charge is 0.177 e. The molecule has 4 heteroatoms. The summed E-state index contributed by atoms with van der Waals surface area (Å²) in [4.78, 5) is 13.0. The molecule has 0 saturated heterocycles. The number of pyridine rings is 1. The lowest BCUT2D eigenvalue weighted by Crippen LogP contribution is -2.41. The number of carboxylic acids is 1. The second kappa shape index (κ2) is 6.23. The number of carbonyl (C=O) groups is 1. The Hall–Kier alpha value is -1.42. The van der Waals surface area contributed by atoms with E-state index in [4.69, 9.17) is 0 Å². The van der Waals surface area contributed by atoms with Crippen molar-refractivity contribution in [2.75, 3.05) is 19.6 Å². The van der Waals surface area contributed by atoms with E-state index in [1.54, 1.807) is 18.3 Å². The zero-order valence-electron chi connectivity index (χ0n) is 9.85. The summed E-state index contributed by atoms with van der Waals surface area (Å²) in [7, 11) is 0. The van der Waals surface area contributed by atoms with Gasteiger partial charge in [0.15, 0.2) is 18.9 Å². The number of aromatic nitrogens is 1. The second-order valence-electron chi connectivity index (χ2n) is 3.64. The van der Waals surface area contributed by atoms with Gasteiger partial charge in [-0.25, -0.2) is 4.57 Å². The monoisotopic (exact) mass is 222 g/mol. The topological polar surface area (TPSA) is 47.2 Å². The van der Waals surface area contributed by atoms with Gasteiger partial charge in [-0.3, -0.25) is 4.90 Å². The van der Waals surface area contributed by atoms with Crippen LogP contribution >= 0.6 is 0 Å². The standard InChI is InChI=1S/C12H18N2O2/c1-3-13(4-2)8-9-14-7-5-6-11(10-14)12(15)16/h5-7,10H,3-4,8-9H2,1-2H3. The molecule has 0 aliphatic rings. The summed E-state index contributed by atoms with van der Waals surface area (Å²) in [6.45, 7) is 7.98. The van der Waals surface area contributed by atoms with Crippen LogP contribution in [0.5, 0.6) is 0 Å². The molecule has 0 atom stereocenters. The Labute approximate surface area is 96.1 Å². The SMILES string of the molecule is CCN(CC)CC[n+]1cccc(C(=O)[O-])c1. The third kappa shape index (κ3) is 3.62. The summed E-state index contributed by atoms with van der Waals surface area (Å²) in [6, 6.07) is 3.27. The summed E-state index contributed by atoms with van der Waals surface area (Å²) in [5.74, 6) is -1.13. The van der Waals surface area contributed by atoms with E-state index in [1.165, 1.54) is 0 Å². The van der Waals surface area contributed by atoms with Crippen LogP contribution < -0.4 is 9.67 Å². The van der Waals surface area contributed by atoms with Crippen molar-refractivity contribution < 1.29 is 14.5 Å². The fraction of sp³-hybridized carbons (Fsp3) is 0.500. The molecule has 1 heterocycles. The van der Waals surface area contributed by atoms with Crippen molar-refractivity contribution in [3.8, 4) is 0 Å². The molecule has 0 aromatic carbocycles. The van der Waals surface area contributed by atoms with E-state index in [2.05, 4.69) is 18.7 Å². The molecular weight excluding hydrogens is 204 g/mol. The summed E-state index contributed by atoms with van der Waals surface area (Å²) < 4.78 is 1.88. The first kappa shape index (κ1) is 12.6. The molecule has 4 nitrogen and oxygen atoms in total. The van der Waals surface area contributed by atoms with E-state index in [0.717, 1.165) is 26.2 Å². The van der Waals surface area contributed by atoms with Crippen LogP contribution in [0.3, 0.4) is 0 Å². The van der Waals surface area contributed by atoms with E-state index in [0.29, 0.717) is 0 Å². The van der Waals surface area contributed by atoms with Crippen LogP contribution in [0.15, 0.2) is 24.5 Å². The zero-order valence-corrected chi connectivity index (χ0v) is 9.85. The number of aromatic carboxylic acids is 1. The maximum Gasteiger partial charge on any atom is 0.177 e. The van der Waals surface area contributed by atoms with Crippen molar-refractivity contribution in [1.29, 1.82) is 0 Å². The number of carbonyl (C=O) groups excluding carboxylic acids is 1. The first-order valence-corrected chi connectivity index (χ1v) is 5.60. The molecule has 0 amide bonds. The van der Waals surface area contributed by atoms with Crippen LogP contribution in [-0.2, 0) is 6.54 Å². The number of rotatable bonds is 6. The van der Waals surface area contributed by atoms with Gasteiger partial charge in [0.1, 0.15) is 0 Å². The van der Waals surface area contributed by atoms with Crippen LogP contribution in [0.4, 0.5) is 0 Å². The summed E-state index contributed by atoms with van der Waals surface area (Å²) in [5.41, 5.74) is 0.224. The lowest BCUT2D eigenvalue weighted by Gasteiger charge is -2.15. The van der Waals surface area contributed by atoms with E-state index >= 15 is 0 Å². The van der Waals surface area contributed by atoms with Crippen LogP contribution in [-0.4, -0.2) is 30.5 Å². The van der Waals surface area contributed by atoms with Gasteiger partial charge in [-0.05, 0) is 19.2 Å². The van der Waals surface area contributed by atoms with E-state index in [9.17, 15) is 9.90 Å². The van der Waals surface area contributed by atoms with Crippen LogP contribution in [0.2, 0.25) is 0 Å². The zero-order chi connectivity index (χ0) is 12.0. The lowest BCUT2D eigenvalue weighted by molar-refractivity contribution is -0.696. The average molecular weight is 222 g/mol. The van der Waals surface area contributed by atoms with Crippen molar-refractivity contribution in [3.05, 3.63) is 30.1 Å². The molecule has 1 rings (SSSR count). The molecule has 1 aromatic rings. The molecule has 0 N–H and O–H groups in total. The third-order valence-electron chi connectivity index (χ3n) is 2.66. The van der Waals surface area contributed by atoms with Crippen LogP contribution in [0.1, 0.15) is 24.2 Å². The minimum atomic E-state index is -1.13. The maximum absolute atomic E-state index is 10.7. The van der Waals surface area contributed by atoms with Crippen molar-refractivity contribution >= 4 is 5.97 Å². The highest BCUT2D eigenvalue weighted by atomic mass is 16.4. The molecule has 0 unspecified atom stereocenters. The number of likely N-dealkylation sites (N-methyl/N-ethyl adjacent to an activating group) is 1. The Morgan fingerprint density at radius 3 is 2.69 bits per heavy atom. The predicted octanol–water partition coefficient (Wildman–Crippen LogP) is -0.321. The number of carboxylic acid groups (broad SMARTS) is 1. The Balaban J connectivity index is 2.60. The van der Waals surface area contributed by atoms with Crippen LogP contribution in [0, 0.1) is 0 Å². The van der Waals surface area contributed by atoms with Gasteiger partial charge >= 0.3 is 0 Å². The second-order valence-corrected chi connectivity index (χ2v) is 3.64. The van der Waals surface area contributed by atoms with Gasteiger partial charge in [-0.1, -0.05) is 13.8 Å². The van der Waals surface area contributed by atoms with Gasteiger partial charge in [0.2, 0.25) is 0 Å². The molecule has 0 radical (unpaired) electrons. The highest BCUT2D eigenvalue weighted by Crippen LogP contribution is 1.92. The van der Waals surface area contributed by atoms with Crippen molar-refractivity contribution in [2.45, 2.75) is 20.4 Å². The van der Waals surface area contributed by atoms with Gasteiger partial charge in [0, 0.05) is 6.07 Å². The third-order valence-corrected chi connectivity index (χ3v) is 2.66. The van der Waals surface area contributed by atoms with Gasteiger partial charge < -0.3 is 9.90 Å². The molecule has 0 saturated carbocycles. The summed E-state index contributed by atoms with van der Waals surface area (Å²) in [6.07, 6.45) is 3.48. The molecule has 1 aromatic heterocycles. The highest BCUT2D eigenvalue weighted by molar-refractivity contribution is 5.84. The number of nitrogens with zero attached hydrogens (tertiary/aromatic N) is 2. The number of hydrogen-bond donors (Lipinski definition) is 0. The average Bonchev–Trinajstić information content (AvgIpc) is 2.31. The van der Waals surface area contributed by atoms with Crippen molar-refractivity contribution in [2.24, 2.45) is 0 Å². The fourth-order valence-corrected chi connectivity index (χ4v) is 1.58. The van der Waals surface area contributed by atoms with E-state index in [1.807, 2.05) is 10.8 Å². The van der Waals surface area contributed by atoms with E-state index in [-0.39, 0.29) is 5.56 Å². The Kier molecular flexibility index (Phi) is 4.92. The summed E-state index contributed by atoms with van der Waals surface area (Å²) in [5, 5.41) is 10.7. The molecule has 0 aliphatic heterocycles. The molecule has 0 fully saturated rings. The largest absolute Gasteiger partial charge is 0.545 e. The van der Waals surface area contributed by atoms with Crippen LogP contribution in [0.25, 0.3) is 0 Å². The van der Waals surface area contributed by atoms with Gasteiger partial charge in [0.25, 0.3) is 0 Å². The highest BCUT2D eigenvalue weighted by Gasteiger charge is 2.06. The van der Waals surface area contributed by atoms with Gasteiger partial charge in [0.05, 0.1) is 18.1 Å². The molecule has 0 bridgehead atoms. The lowest BCUT2D eigenvalue weighted by atomic mass is 10.3. The maximum atomic E-state index is 10.7. The van der Waals surface area contributed by atoms with E-state index < -0.39 is 5.97 Å². The minimum Gasteiger partial charge on any atom is -0.545 e. The quantitative estimate of drug-likeness (QED) is 0.620. The Morgan fingerprint density at radius 2 is 2.12 bits per heavy atom. The Morgan fingerprint density at radius 1 is 1.44 bits per heavy atom. The van der Waals surface area contributed by atoms with Crippen molar-refractivity contribution in [3.63, 3.8) is 0 Å².